The number of methoxy groups -OCH3 is 1. The Balaban J connectivity index is 1.94. The summed E-state index contributed by atoms with van der Waals surface area (Å²) in [5.74, 6) is -0.299. The van der Waals surface area contributed by atoms with E-state index in [2.05, 4.69) is 49.6 Å². The molecule has 0 aromatic heterocycles. The molecule has 1 heterocycles. The smallest absolute Gasteiger partial charge is 0.337 e. The number of fused-ring (bicyclic) bond motifs is 1. The highest BCUT2D eigenvalue weighted by molar-refractivity contribution is 5.93. The first kappa shape index (κ1) is 15.5. The molecule has 0 unspecified atom stereocenters. The van der Waals surface area contributed by atoms with Crippen LogP contribution in [0.1, 0.15) is 42.3 Å². The summed E-state index contributed by atoms with van der Waals surface area (Å²) in [4.78, 5) is 11.5. The van der Waals surface area contributed by atoms with E-state index in [1.165, 1.54) is 29.6 Å². The van der Waals surface area contributed by atoms with Gasteiger partial charge in [0.2, 0.25) is 5.69 Å². The first-order valence-electron chi connectivity index (χ1n) is 7.83. The number of carbonyl (C=O) groups is 1. The van der Waals surface area contributed by atoms with Crippen LogP contribution in [0.15, 0.2) is 48.5 Å². The fourth-order valence-electron chi connectivity index (χ4n) is 3.20. The SMILES string of the molecule is COC(=O)c1ccc(C[N+]2=C(C)C(C)(C)c3ccccc32)cc1. The quantitative estimate of drug-likeness (QED) is 0.632. The second kappa shape index (κ2) is 5.65. The molecule has 2 aromatic rings. The van der Waals surface area contributed by atoms with Crippen molar-refractivity contribution >= 4 is 17.4 Å². The summed E-state index contributed by atoms with van der Waals surface area (Å²) in [5.41, 5.74) is 5.78. The van der Waals surface area contributed by atoms with Crippen molar-refractivity contribution in [3.05, 3.63) is 65.2 Å². The minimum Gasteiger partial charge on any atom is -0.465 e. The highest BCUT2D eigenvalue weighted by atomic mass is 16.5. The number of benzene rings is 2. The lowest BCUT2D eigenvalue weighted by Crippen LogP contribution is -2.26. The molecule has 0 saturated heterocycles. The molecule has 118 valence electrons. The van der Waals surface area contributed by atoms with Gasteiger partial charge in [-0.25, -0.2) is 4.79 Å². The van der Waals surface area contributed by atoms with Gasteiger partial charge in [0.15, 0.2) is 12.3 Å². The monoisotopic (exact) mass is 308 g/mol. The maximum atomic E-state index is 11.5. The largest absolute Gasteiger partial charge is 0.465 e. The molecule has 23 heavy (non-hydrogen) atoms. The summed E-state index contributed by atoms with van der Waals surface area (Å²) >= 11 is 0. The molecule has 0 saturated carbocycles. The Hall–Kier alpha value is -2.42. The molecule has 1 aliphatic heterocycles. The molecule has 3 nitrogen and oxygen atoms in total. The first-order valence-corrected chi connectivity index (χ1v) is 7.83. The summed E-state index contributed by atoms with van der Waals surface area (Å²) in [7, 11) is 1.40. The Morgan fingerprint density at radius 3 is 2.39 bits per heavy atom. The normalized spacial score (nSPS) is 15.5. The van der Waals surface area contributed by atoms with Crippen molar-refractivity contribution in [3.63, 3.8) is 0 Å². The highest BCUT2D eigenvalue weighted by Gasteiger charge is 2.42. The predicted molar refractivity (Wildman–Crippen MR) is 91.6 cm³/mol. The number of para-hydroxylation sites is 1. The van der Waals surface area contributed by atoms with Gasteiger partial charge in [0.05, 0.1) is 18.1 Å². The van der Waals surface area contributed by atoms with E-state index in [1.54, 1.807) is 0 Å². The molecule has 0 fully saturated rings. The molecule has 1 aliphatic rings. The van der Waals surface area contributed by atoms with Gasteiger partial charge in [-0.05, 0) is 26.0 Å². The van der Waals surface area contributed by atoms with Crippen LogP contribution in [0.2, 0.25) is 0 Å². The average molecular weight is 308 g/mol. The zero-order valence-electron chi connectivity index (χ0n) is 14.1. The third-order valence-corrected chi connectivity index (χ3v) is 4.89. The van der Waals surface area contributed by atoms with Crippen LogP contribution >= 0.6 is 0 Å². The Morgan fingerprint density at radius 1 is 1.09 bits per heavy atom. The molecule has 2 aromatic carbocycles. The van der Waals surface area contributed by atoms with Gasteiger partial charge in [0.1, 0.15) is 0 Å². The van der Waals surface area contributed by atoms with Gasteiger partial charge >= 0.3 is 5.97 Å². The van der Waals surface area contributed by atoms with E-state index >= 15 is 0 Å². The van der Waals surface area contributed by atoms with E-state index in [1.807, 2.05) is 24.3 Å². The molecular weight excluding hydrogens is 286 g/mol. The highest BCUT2D eigenvalue weighted by Crippen LogP contribution is 2.39. The molecule has 0 atom stereocenters. The minimum atomic E-state index is -0.299. The van der Waals surface area contributed by atoms with Gasteiger partial charge in [-0.3, -0.25) is 0 Å². The van der Waals surface area contributed by atoms with Gasteiger partial charge in [0, 0.05) is 24.1 Å². The lowest BCUT2D eigenvalue weighted by Gasteiger charge is -2.14. The van der Waals surface area contributed by atoms with E-state index in [0.29, 0.717) is 5.56 Å². The molecule has 0 radical (unpaired) electrons. The number of nitrogens with zero attached hydrogens (tertiary/aromatic N) is 1. The average Bonchev–Trinajstić information content (AvgIpc) is 2.76. The number of hydrogen-bond donors (Lipinski definition) is 0. The van der Waals surface area contributed by atoms with E-state index < -0.39 is 0 Å². The summed E-state index contributed by atoms with van der Waals surface area (Å²) in [6, 6.07) is 16.2. The van der Waals surface area contributed by atoms with Crippen molar-refractivity contribution in [1.29, 1.82) is 0 Å². The van der Waals surface area contributed by atoms with Crippen molar-refractivity contribution in [2.45, 2.75) is 32.7 Å². The standard InChI is InChI=1S/C20H22NO2/c1-14-20(2,3)17-7-5-6-8-18(17)21(14)13-15-9-11-16(12-10-15)19(22)23-4/h5-12H,13H2,1-4H3/q+1. The van der Waals surface area contributed by atoms with Gasteiger partial charge < -0.3 is 4.74 Å². The molecule has 0 bridgehead atoms. The topological polar surface area (TPSA) is 29.3 Å². The summed E-state index contributed by atoms with van der Waals surface area (Å²) < 4.78 is 7.11. The zero-order chi connectivity index (χ0) is 16.6. The Labute approximate surface area is 137 Å². The van der Waals surface area contributed by atoms with Crippen LogP contribution in [0.25, 0.3) is 0 Å². The lowest BCUT2D eigenvalue weighted by molar-refractivity contribution is -0.456. The zero-order valence-corrected chi connectivity index (χ0v) is 14.1. The molecule has 0 spiro atoms. The fourth-order valence-corrected chi connectivity index (χ4v) is 3.20. The van der Waals surface area contributed by atoms with Crippen LogP contribution < -0.4 is 0 Å². The molecule has 3 heteroatoms. The van der Waals surface area contributed by atoms with Crippen LogP contribution in [-0.2, 0) is 16.7 Å². The Morgan fingerprint density at radius 2 is 1.74 bits per heavy atom. The molecule has 0 aliphatic carbocycles. The van der Waals surface area contributed by atoms with Crippen molar-refractivity contribution in [3.8, 4) is 0 Å². The molecule has 3 rings (SSSR count). The second-order valence-corrected chi connectivity index (χ2v) is 6.50. The number of esters is 1. The summed E-state index contributed by atoms with van der Waals surface area (Å²) in [6.07, 6.45) is 0. The summed E-state index contributed by atoms with van der Waals surface area (Å²) in [6.45, 7) is 7.53. The number of rotatable bonds is 3. The van der Waals surface area contributed by atoms with E-state index in [9.17, 15) is 4.79 Å². The van der Waals surface area contributed by atoms with Gasteiger partial charge in [-0.2, -0.15) is 4.58 Å². The van der Waals surface area contributed by atoms with Crippen molar-refractivity contribution in [2.75, 3.05) is 7.11 Å². The van der Waals surface area contributed by atoms with Crippen molar-refractivity contribution in [1.82, 2.24) is 0 Å². The third-order valence-electron chi connectivity index (χ3n) is 4.89. The molecule has 0 amide bonds. The van der Waals surface area contributed by atoms with Crippen molar-refractivity contribution < 1.29 is 14.1 Å². The van der Waals surface area contributed by atoms with Crippen LogP contribution in [0.3, 0.4) is 0 Å². The first-order chi connectivity index (χ1) is 10.9. The van der Waals surface area contributed by atoms with Crippen LogP contribution in [0.4, 0.5) is 5.69 Å². The summed E-state index contributed by atoms with van der Waals surface area (Å²) in [5, 5.41) is 0. The van der Waals surface area contributed by atoms with Crippen molar-refractivity contribution in [2.24, 2.45) is 0 Å². The fraction of sp³-hybridized carbons (Fsp3) is 0.300. The number of carbonyl (C=O) groups excluding carboxylic acids is 1. The number of ether oxygens (including phenoxy) is 1. The van der Waals surface area contributed by atoms with Gasteiger partial charge in [-0.1, -0.05) is 30.3 Å². The van der Waals surface area contributed by atoms with Crippen LogP contribution in [0.5, 0.6) is 0 Å². The molecular formula is C20H22NO2+. The van der Waals surface area contributed by atoms with Gasteiger partial charge in [0.25, 0.3) is 0 Å². The molecule has 0 N–H and O–H groups in total. The third kappa shape index (κ3) is 2.56. The Kier molecular flexibility index (Phi) is 3.80. The van der Waals surface area contributed by atoms with Crippen LogP contribution in [-0.4, -0.2) is 23.4 Å². The van der Waals surface area contributed by atoms with Gasteiger partial charge in [-0.15, -0.1) is 0 Å². The Bertz CT molecular complexity index is 786. The van der Waals surface area contributed by atoms with E-state index in [0.717, 1.165) is 6.54 Å². The maximum absolute atomic E-state index is 11.5. The maximum Gasteiger partial charge on any atom is 0.337 e. The lowest BCUT2D eigenvalue weighted by atomic mass is 9.82. The number of hydrogen-bond acceptors (Lipinski definition) is 2. The second-order valence-electron chi connectivity index (χ2n) is 6.50. The minimum absolute atomic E-state index is 0.0442. The van der Waals surface area contributed by atoms with E-state index in [4.69, 9.17) is 4.74 Å². The predicted octanol–water partition coefficient (Wildman–Crippen LogP) is 4.07. The van der Waals surface area contributed by atoms with E-state index in [-0.39, 0.29) is 11.4 Å². The van der Waals surface area contributed by atoms with Crippen LogP contribution in [0, 0.1) is 0 Å².